The Morgan fingerprint density at radius 3 is 2.69 bits per heavy atom. The second-order valence-corrected chi connectivity index (χ2v) is 7.24. The van der Waals surface area contributed by atoms with E-state index in [0.29, 0.717) is 42.5 Å². The Balaban J connectivity index is 2.17. The van der Waals surface area contributed by atoms with E-state index in [1.54, 1.807) is 29.0 Å². The van der Waals surface area contributed by atoms with Crippen LogP contribution in [-0.2, 0) is 11.3 Å². The summed E-state index contributed by atoms with van der Waals surface area (Å²) in [5.74, 6) is 0.717. The van der Waals surface area contributed by atoms with Crippen molar-refractivity contribution in [3.8, 4) is 11.3 Å². The number of carbonyl (C=O) groups excluding carboxylic acids is 1. The third kappa shape index (κ3) is 4.01. The monoisotopic (exact) mass is 397 g/mol. The third-order valence-electron chi connectivity index (χ3n) is 4.55. The highest BCUT2D eigenvalue weighted by molar-refractivity contribution is 5.86. The van der Waals surface area contributed by atoms with Gasteiger partial charge in [-0.3, -0.25) is 13.9 Å². The van der Waals surface area contributed by atoms with Crippen LogP contribution in [0, 0.1) is 12.8 Å². The van der Waals surface area contributed by atoms with Crippen molar-refractivity contribution in [3.05, 3.63) is 40.4 Å². The van der Waals surface area contributed by atoms with Gasteiger partial charge in [0.2, 0.25) is 5.95 Å². The lowest BCUT2D eigenvalue weighted by atomic mass is 10.1. The molecule has 0 aliphatic carbocycles. The van der Waals surface area contributed by atoms with Gasteiger partial charge in [0.05, 0.1) is 23.6 Å². The predicted molar refractivity (Wildman–Crippen MR) is 113 cm³/mol. The molecule has 0 aromatic carbocycles. The average Bonchev–Trinajstić information content (AvgIpc) is 3.15. The maximum Gasteiger partial charge on any atom is 0.418 e. The first kappa shape index (κ1) is 20.6. The van der Waals surface area contributed by atoms with Crippen molar-refractivity contribution in [1.29, 1.82) is 0 Å². The van der Waals surface area contributed by atoms with Crippen LogP contribution in [0.4, 0.5) is 10.7 Å². The minimum Gasteiger partial charge on any atom is -0.449 e. The van der Waals surface area contributed by atoms with Crippen molar-refractivity contribution in [2.24, 2.45) is 5.92 Å². The van der Waals surface area contributed by atoms with Crippen LogP contribution in [0.25, 0.3) is 22.3 Å². The first-order valence-corrected chi connectivity index (χ1v) is 9.88. The molecule has 3 aromatic heterocycles. The summed E-state index contributed by atoms with van der Waals surface area (Å²) in [5.41, 5.74) is 2.02. The Labute approximate surface area is 169 Å². The molecule has 0 unspecified atom stereocenters. The van der Waals surface area contributed by atoms with Crippen molar-refractivity contribution >= 4 is 23.1 Å². The number of fused-ring (bicyclic) bond motifs is 1. The summed E-state index contributed by atoms with van der Waals surface area (Å²) in [6, 6.07) is 5.22. The fourth-order valence-electron chi connectivity index (χ4n) is 3.17. The Hall–Kier alpha value is -3.16. The van der Waals surface area contributed by atoms with E-state index < -0.39 is 6.09 Å². The molecule has 0 atom stereocenters. The summed E-state index contributed by atoms with van der Waals surface area (Å²) < 4.78 is 8.32. The van der Waals surface area contributed by atoms with Gasteiger partial charge in [0.15, 0.2) is 0 Å². The molecule has 3 heterocycles. The number of hydrogen-bond acceptors (Lipinski definition) is 6. The lowest BCUT2D eigenvalue weighted by Gasteiger charge is -2.15. The smallest absolute Gasteiger partial charge is 0.418 e. The highest BCUT2D eigenvalue weighted by atomic mass is 16.5. The molecule has 0 spiro atoms. The van der Waals surface area contributed by atoms with Crippen LogP contribution in [0.3, 0.4) is 0 Å². The van der Waals surface area contributed by atoms with E-state index in [1.807, 2.05) is 34.6 Å². The quantitative estimate of drug-likeness (QED) is 0.683. The summed E-state index contributed by atoms with van der Waals surface area (Å²) >= 11 is 0. The maximum atomic E-state index is 13.3. The Kier molecular flexibility index (Phi) is 6.00. The minimum atomic E-state index is -0.503. The molecule has 0 bridgehead atoms. The Morgan fingerprint density at radius 1 is 1.28 bits per heavy atom. The molecule has 0 radical (unpaired) electrons. The number of aryl methyl sites for hydroxylation is 2. The number of nitrogens with zero attached hydrogens (tertiary/aromatic N) is 4. The number of carbonyl (C=O) groups is 1. The summed E-state index contributed by atoms with van der Waals surface area (Å²) in [4.78, 5) is 34.8. The van der Waals surface area contributed by atoms with Crippen LogP contribution < -0.4 is 10.9 Å². The second kappa shape index (κ2) is 8.46. The van der Waals surface area contributed by atoms with Crippen molar-refractivity contribution in [2.45, 2.75) is 41.2 Å². The topological polar surface area (TPSA) is 91.0 Å². The number of pyridine rings is 1. The molecule has 0 saturated heterocycles. The highest BCUT2D eigenvalue weighted by Gasteiger charge is 2.19. The van der Waals surface area contributed by atoms with Gasteiger partial charge in [-0.1, -0.05) is 13.8 Å². The number of anilines is 1. The molecule has 0 fully saturated rings. The summed E-state index contributed by atoms with van der Waals surface area (Å²) in [6.45, 7) is 11.1. The molecule has 0 aliphatic rings. The minimum absolute atomic E-state index is 0.211. The molecule has 3 rings (SSSR count). The van der Waals surface area contributed by atoms with Crippen LogP contribution in [0.5, 0.6) is 0 Å². The number of aromatic nitrogens is 4. The van der Waals surface area contributed by atoms with E-state index in [4.69, 9.17) is 4.74 Å². The number of nitrogens with one attached hydrogen (secondary N) is 1. The zero-order chi connectivity index (χ0) is 21.1. The SMILES string of the molecule is CCNc1nc(C)c2cc(-c3cccn3C(=O)OCC(C)C)c(=O)n(CC)c2n1. The van der Waals surface area contributed by atoms with Crippen LogP contribution >= 0.6 is 0 Å². The summed E-state index contributed by atoms with van der Waals surface area (Å²) in [7, 11) is 0. The van der Waals surface area contributed by atoms with Crippen molar-refractivity contribution in [2.75, 3.05) is 18.5 Å². The summed E-state index contributed by atoms with van der Waals surface area (Å²) in [5, 5.41) is 3.87. The van der Waals surface area contributed by atoms with Crippen LogP contribution in [-0.4, -0.2) is 38.3 Å². The van der Waals surface area contributed by atoms with Crippen LogP contribution in [0.2, 0.25) is 0 Å². The van der Waals surface area contributed by atoms with E-state index in [1.165, 1.54) is 4.57 Å². The lowest BCUT2D eigenvalue weighted by molar-refractivity contribution is 0.135. The van der Waals surface area contributed by atoms with Crippen molar-refractivity contribution in [1.82, 2.24) is 19.1 Å². The molecular formula is C21H27N5O3. The summed E-state index contributed by atoms with van der Waals surface area (Å²) in [6.07, 6.45) is 1.10. The van der Waals surface area contributed by atoms with Gasteiger partial charge in [0.1, 0.15) is 5.65 Å². The second-order valence-electron chi connectivity index (χ2n) is 7.24. The lowest BCUT2D eigenvalue weighted by Crippen LogP contribution is -2.25. The largest absolute Gasteiger partial charge is 0.449 e. The Morgan fingerprint density at radius 2 is 2.03 bits per heavy atom. The van der Waals surface area contributed by atoms with Gasteiger partial charge in [-0.2, -0.15) is 4.98 Å². The number of ether oxygens (including phenoxy) is 1. The van der Waals surface area contributed by atoms with Crippen LogP contribution in [0.15, 0.2) is 29.2 Å². The normalized spacial score (nSPS) is 11.2. The average molecular weight is 397 g/mol. The van der Waals surface area contributed by atoms with Gasteiger partial charge >= 0.3 is 6.09 Å². The fourth-order valence-corrected chi connectivity index (χ4v) is 3.17. The maximum absolute atomic E-state index is 13.3. The zero-order valence-corrected chi connectivity index (χ0v) is 17.5. The highest BCUT2D eigenvalue weighted by Crippen LogP contribution is 2.24. The van der Waals surface area contributed by atoms with E-state index in [0.717, 1.165) is 11.1 Å². The van der Waals surface area contributed by atoms with E-state index >= 15 is 0 Å². The van der Waals surface area contributed by atoms with Gasteiger partial charge < -0.3 is 10.1 Å². The van der Waals surface area contributed by atoms with Crippen molar-refractivity contribution in [3.63, 3.8) is 0 Å². The third-order valence-corrected chi connectivity index (χ3v) is 4.55. The van der Waals surface area contributed by atoms with E-state index in [-0.39, 0.29) is 11.5 Å². The first-order valence-electron chi connectivity index (χ1n) is 9.88. The molecule has 0 saturated carbocycles. The molecule has 0 amide bonds. The van der Waals surface area contributed by atoms with Gasteiger partial charge in [0.25, 0.3) is 5.56 Å². The van der Waals surface area contributed by atoms with Crippen molar-refractivity contribution < 1.29 is 9.53 Å². The Bertz CT molecular complexity index is 1100. The van der Waals surface area contributed by atoms with Gasteiger partial charge in [0, 0.05) is 24.7 Å². The molecule has 0 aliphatic heterocycles. The zero-order valence-electron chi connectivity index (χ0n) is 17.5. The molecular weight excluding hydrogens is 370 g/mol. The molecule has 8 heteroatoms. The van der Waals surface area contributed by atoms with Crippen LogP contribution in [0.1, 0.15) is 33.4 Å². The molecule has 154 valence electrons. The van der Waals surface area contributed by atoms with E-state index in [9.17, 15) is 9.59 Å². The molecule has 29 heavy (non-hydrogen) atoms. The van der Waals surface area contributed by atoms with Gasteiger partial charge in [-0.15, -0.1) is 0 Å². The molecule has 1 N–H and O–H groups in total. The molecule has 3 aromatic rings. The number of hydrogen-bond donors (Lipinski definition) is 1. The standard InChI is InChI=1S/C21H27N5O3/c1-6-22-20-23-14(5)15-11-16(19(27)25(7-2)18(15)24-20)17-9-8-10-26(17)21(28)29-12-13(3)4/h8-11,13H,6-7,12H2,1-5H3,(H,22,23,24). The number of rotatable bonds is 6. The fraction of sp³-hybridized carbons (Fsp3) is 0.429. The van der Waals surface area contributed by atoms with E-state index in [2.05, 4.69) is 15.3 Å². The van der Waals surface area contributed by atoms with Gasteiger partial charge in [-0.05, 0) is 44.9 Å². The molecule has 8 nitrogen and oxygen atoms in total. The van der Waals surface area contributed by atoms with Gasteiger partial charge in [-0.25, -0.2) is 9.78 Å². The first-order chi connectivity index (χ1) is 13.9. The predicted octanol–water partition coefficient (Wildman–Crippen LogP) is 3.66.